The SMILES string of the molecule is CCOc1cc(F)c(CCNC(=S)Nc2ncc[nH]2)c(F)c1. The minimum Gasteiger partial charge on any atom is -0.494 e. The van der Waals surface area contributed by atoms with Crippen LogP contribution in [0.4, 0.5) is 14.7 Å². The third-order valence-corrected chi connectivity index (χ3v) is 3.06. The van der Waals surface area contributed by atoms with Gasteiger partial charge in [-0.15, -0.1) is 0 Å². The molecule has 1 aromatic heterocycles. The maximum absolute atomic E-state index is 13.9. The number of H-pyrrole nitrogens is 1. The van der Waals surface area contributed by atoms with Crippen molar-refractivity contribution < 1.29 is 13.5 Å². The number of hydrogen-bond donors (Lipinski definition) is 3. The zero-order valence-electron chi connectivity index (χ0n) is 12.0. The van der Waals surface area contributed by atoms with Crippen LogP contribution in [0.3, 0.4) is 0 Å². The van der Waals surface area contributed by atoms with Crippen LogP contribution in [0.15, 0.2) is 24.5 Å². The molecular formula is C14H16F2N4OS. The molecule has 3 N–H and O–H groups in total. The molecule has 0 amide bonds. The topological polar surface area (TPSA) is 62.0 Å². The summed E-state index contributed by atoms with van der Waals surface area (Å²) in [4.78, 5) is 6.78. The monoisotopic (exact) mass is 326 g/mol. The molecule has 1 aromatic carbocycles. The number of aromatic nitrogens is 2. The highest BCUT2D eigenvalue weighted by molar-refractivity contribution is 7.80. The number of rotatable bonds is 6. The first-order chi connectivity index (χ1) is 10.6. The summed E-state index contributed by atoms with van der Waals surface area (Å²) in [6.07, 6.45) is 3.38. The van der Waals surface area contributed by atoms with E-state index >= 15 is 0 Å². The Bertz CT molecular complexity index is 611. The van der Waals surface area contributed by atoms with Crippen molar-refractivity contribution in [2.45, 2.75) is 13.3 Å². The quantitative estimate of drug-likeness (QED) is 0.712. The fourth-order valence-electron chi connectivity index (χ4n) is 1.85. The molecular weight excluding hydrogens is 310 g/mol. The summed E-state index contributed by atoms with van der Waals surface area (Å²) in [7, 11) is 0. The van der Waals surface area contributed by atoms with E-state index in [4.69, 9.17) is 17.0 Å². The van der Waals surface area contributed by atoms with Crippen molar-refractivity contribution >= 4 is 23.3 Å². The van der Waals surface area contributed by atoms with E-state index in [9.17, 15) is 8.78 Å². The molecule has 0 radical (unpaired) electrons. The van der Waals surface area contributed by atoms with Gasteiger partial charge in [0.05, 0.1) is 6.61 Å². The van der Waals surface area contributed by atoms with Gasteiger partial charge in [-0.2, -0.15) is 0 Å². The lowest BCUT2D eigenvalue weighted by atomic mass is 10.1. The van der Waals surface area contributed by atoms with Crippen LogP contribution < -0.4 is 15.4 Å². The minimum atomic E-state index is -0.629. The van der Waals surface area contributed by atoms with Gasteiger partial charge in [0, 0.05) is 36.6 Å². The molecule has 0 aliphatic carbocycles. The fraction of sp³-hybridized carbons (Fsp3) is 0.286. The molecule has 5 nitrogen and oxygen atoms in total. The Labute approximate surface area is 132 Å². The summed E-state index contributed by atoms with van der Waals surface area (Å²) >= 11 is 5.05. The van der Waals surface area contributed by atoms with E-state index in [1.807, 2.05) is 0 Å². The average molecular weight is 326 g/mol. The van der Waals surface area contributed by atoms with Gasteiger partial charge in [-0.3, -0.25) is 0 Å². The normalized spacial score (nSPS) is 10.3. The maximum atomic E-state index is 13.9. The van der Waals surface area contributed by atoms with Crippen molar-refractivity contribution in [1.82, 2.24) is 15.3 Å². The van der Waals surface area contributed by atoms with Gasteiger partial charge in [0.2, 0.25) is 5.95 Å². The number of nitrogens with one attached hydrogen (secondary N) is 3. The number of thiocarbonyl (C=S) groups is 1. The molecule has 8 heteroatoms. The number of benzene rings is 1. The Morgan fingerprint density at radius 3 is 2.68 bits per heavy atom. The van der Waals surface area contributed by atoms with Gasteiger partial charge in [0.1, 0.15) is 17.4 Å². The third kappa shape index (κ3) is 4.39. The van der Waals surface area contributed by atoms with Gasteiger partial charge >= 0.3 is 0 Å². The van der Waals surface area contributed by atoms with Crippen LogP contribution in [-0.2, 0) is 6.42 Å². The van der Waals surface area contributed by atoms with E-state index in [1.165, 1.54) is 12.1 Å². The summed E-state index contributed by atoms with van der Waals surface area (Å²) < 4.78 is 32.8. The molecule has 0 aliphatic rings. The molecule has 118 valence electrons. The van der Waals surface area contributed by atoms with Crippen LogP contribution in [0.2, 0.25) is 0 Å². The molecule has 0 fully saturated rings. The Morgan fingerprint density at radius 1 is 1.36 bits per heavy atom. The lowest BCUT2D eigenvalue weighted by Gasteiger charge is -2.11. The lowest BCUT2D eigenvalue weighted by Crippen LogP contribution is -2.30. The maximum Gasteiger partial charge on any atom is 0.206 e. The number of hydrogen-bond acceptors (Lipinski definition) is 3. The highest BCUT2D eigenvalue weighted by atomic mass is 32.1. The van der Waals surface area contributed by atoms with E-state index in [0.29, 0.717) is 17.7 Å². The molecule has 0 saturated heterocycles. The third-order valence-electron chi connectivity index (χ3n) is 2.82. The van der Waals surface area contributed by atoms with Gasteiger partial charge in [-0.05, 0) is 25.6 Å². The first kappa shape index (κ1) is 16.2. The van der Waals surface area contributed by atoms with Crippen LogP contribution in [0.25, 0.3) is 0 Å². The summed E-state index contributed by atoms with van der Waals surface area (Å²) in [5.74, 6) is -0.578. The van der Waals surface area contributed by atoms with E-state index < -0.39 is 11.6 Å². The van der Waals surface area contributed by atoms with Gasteiger partial charge in [0.15, 0.2) is 5.11 Å². The predicted octanol–water partition coefficient (Wildman–Crippen LogP) is 2.62. The predicted molar refractivity (Wildman–Crippen MR) is 84.0 cm³/mol. The largest absolute Gasteiger partial charge is 0.494 e. The van der Waals surface area contributed by atoms with E-state index in [1.54, 1.807) is 19.3 Å². The van der Waals surface area contributed by atoms with Crippen molar-refractivity contribution in [3.63, 3.8) is 0 Å². The van der Waals surface area contributed by atoms with Gasteiger partial charge in [0.25, 0.3) is 0 Å². The second-order valence-electron chi connectivity index (χ2n) is 4.37. The number of halogens is 2. The van der Waals surface area contributed by atoms with Crippen molar-refractivity contribution in [1.29, 1.82) is 0 Å². The molecule has 0 spiro atoms. The first-order valence-electron chi connectivity index (χ1n) is 6.75. The van der Waals surface area contributed by atoms with E-state index in [0.717, 1.165) is 0 Å². The lowest BCUT2D eigenvalue weighted by molar-refractivity contribution is 0.335. The van der Waals surface area contributed by atoms with Gasteiger partial charge < -0.3 is 20.4 Å². The molecule has 0 bridgehead atoms. The number of nitrogens with zero attached hydrogens (tertiary/aromatic N) is 1. The standard InChI is InChI=1S/C14H16F2N4OS/c1-2-21-9-7-11(15)10(12(16)8-9)3-4-19-14(22)20-13-17-5-6-18-13/h5-8H,2-4H2,1H3,(H3,17,18,19,20,22). The molecule has 0 saturated carbocycles. The van der Waals surface area contributed by atoms with Gasteiger partial charge in [-0.25, -0.2) is 13.8 Å². The van der Waals surface area contributed by atoms with Crippen molar-refractivity contribution in [2.75, 3.05) is 18.5 Å². The van der Waals surface area contributed by atoms with Gasteiger partial charge in [-0.1, -0.05) is 0 Å². The van der Waals surface area contributed by atoms with Crippen LogP contribution in [0.1, 0.15) is 12.5 Å². The summed E-state index contributed by atoms with van der Waals surface area (Å²) in [5.41, 5.74) is -0.00301. The molecule has 0 aliphatic heterocycles. The molecule has 0 atom stereocenters. The van der Waals surface area contributed by atoms with Crippen LogP contribution in [0.5, 0.6) is 5.75 Å². The van der Waals surface area contributed by atoms with E-state index in [-0.39, 0.29) is 24.3 Å². The molecule has 1 heterocycles. The Balaban J connectivity index is 1.87. The summed E-state index contributed by atoms with van der Waals surface area (Å²) in [6.45, 7) is 2.39. The smallest absolute Gasteiger partial charge is 0.206 e. The number of aromatic amines is 1. The second-order valence-corrected chi connectivity index (χ2v) is 4.78. The second kappa shape index (κ2) is 7.69. The first-order valence-corrected chi connectivity index (χ1v) is 7.16. The molecule has 2 rings (SSSR count). The van der Waals surface area contributed by atoms with Crippen LogP contribution in [-0.4, -0.2) is 28.2 Å². The number of imidazole rings is 1. The Morgan fingerprint density at radius 2 is 2.09 bits per heavy atom. The van der Waals surface area contributed by atoms with E-state index in [2.05, 4.69) is 20.6 Å². The molecule has 22 heavy (non-hydrogen) atoms. The van der Waals surface area contributed by atoms with Crippen molar-refractivity contribution in [2.24, 2.45) is 0 Å². The van der Waals surface area contributed by atoms with Crippen molar-refractivity contribution in [3.05, 3.63) is 41.7 Å². The zero-order chi connectivity index (χ0) is 15.9. The zero-order valence-corrected chi connectivity index (χ0v) is 12.8. The number of anilines is 1. The summed E-state index contributed by atoms with van der Waals surface area (Å²) in [5, 5.41) is 5.99. The summed E-state index contributed by atoms with van der Waals surface area (Å²) in [6, 6.07) is 2.36. The van der Waals surface area contributed by atoms with Crippen LogP contribution in [0, 0.1) is 11.6 Å². The van der Waals surface area contributed by atoms with Crippen molar-refractivity contribution in [3.8, 4) is 5.75 Å². The highest BCUT2D eigenvalue weighted by Crippen LogP contribution is 2.21. The minimum absolute atomic E-state index is 0.00301. The Kier molecular flexibility index (Phi) is 5.65. The molecule has 2 aromatic rings. The molecule has 0 unspecified atom stereocenters. The Hall–Kier alpha value is -2.22. The number of ether oxygens (including phenoxy) is 1. The average Bonchev–Trinajstić information content (AvgIpc) is 2.95. The highest BCUT2D eigenvalue weighted by Gasteiger charge is 2.12. The van der Waals surface area contributed by atoms with Crippen LogP contribution >= 0.6 is 12.2 Å². The fourth-order valence-corrected chi connectivity index (χ4v) is 2.05.